The van der Waals surface area contributed by atoms with Crippen LogP contribution >= 0.6 is 0 Å². The molecule has 0 bridgehead atoms. The van der Waals surface area contributed by atoms with Crippen molar-refractivity contribution in [2.45, 2.75) is 39.2 Å². The van der Waals surface area contributed by atoms with E-state index in [0.29, 0.717) is 6.04 Å². The molecule has 0 amide bonds. The third kappa shape index (κ3) is 4.32. The number of likely N-dealkylation sites (tertiary alicyclic amines) is 1. The minimum absolute atomic E-state index is 0.474. The molecule has 0 spiro atoms. The number of nitrogens with one attached hydrogen (secondary N) is 1. The van der Waals surface area contributed by atoms with Gasteiger partial charge in [-0.05, 0) is 37.4 Å². The highest BCUT2D eigenvalue weighted by Gasteiger charge is 2.21. The maximum Gasteiger partial charge on any atom is 0.0449 e. The first-order chi connectivity index (χ1) is 9.33. The first-order valence-corrected chi connectivity index (χ1v) is 7.84. The largest absolute Gasteiger partial charge is 0.309 e. The number of hydrogen-bond donors (Lipinski definition) is 1. The number of likely N-dealkylation sites (N-methyl/N-ethyl adjacent to an activating group) is 1. The molecule has 2 atom stereocenters. The number of benzene rings is 1. The van der Waals surface area contributed by atoms with Gasteiger partial charge in [0.1, 0.15) is 0 Å². The molecule has 1 fully saturated rings. The van der Waals surface area contributed by atoms with Gasteiger partial charge >= 0.3 is 0 Å². The Kier molecular flexibility index (Phi) is 5.87. The van der Waals surface area contributed by atoms with Crippen LogP contribution in [0.1, 0.15) is 44.7 Å². The summed E-state index contributed by atoms with van der Waals surface area (Å²) in [6, 6.07) is 11.3. The van der Waals surface area contributed by atoms with E-state index in [2.05, 4.69) is 54.4 Å². The molecule has 0 radical (unpaired) electrons. The van der Waals surface area contributed by atoms with Crippen LogP contribution in [0.15, 0.2) is 30.3 Å². The van der Waals surface area contributed by atoms with Gasteiger partial charge in [0.05, 0.1) is 0 Å². The summed E-state index contributed by atoms with van der Waals surface area (Å²) >= 11 is 0. The molecule has 1 aromatic carbocycles. The Hall–Kier alpha value is -0.860. The van der Waals surface area contributed by atoms with Crippen molar-refractivity contribution in [2.24, 2.45) is 5.92 Å². The van der Waals surface area contributed by atoms with E-state index in [9.17, 15) is 0 Å². The molecule has 1 heterocycles. The van der Waals surface area contributed by atoms with E-state index < -0.39 is 0 Å². The van der Waals surface area contributed by atoms with Gasteiger partial charge in [0.15, 0.2) is 0 Å². The second kappa shape index (κ2) is 7.66. The number of piperidine rings is 1. The van der Waals surface area contributed by atoms with Crippen LogP contribution in [-0.4, -0.2) is 31.1 Å². The fourth-order valence-corrected chi connectivity index (χ4v) is 3.13. The summed E-state index contributed by atoms with van der Waals surface area (Å²) in [5.41, 5.74) is 1.42. The molecule has 2 rings (SSSR count). The van der Waals surface area contributed by atoms with Crippen molar-refractivity contribution in [3.05, 3.63) is 35.9 Å². The van der Waals surface area contributed by atoms with Crippen molar-refractivity contribution in [3.8, 4) is 0 Å². The maximum absolute atomic E-state index is 3.64. The lowest BCUT2D eigenvalue weighted by atomic mass is 9.95. The first kappa shape index (κ1) is 14.5. The topological polar surface area (TPSA) is 15.3 Å². The van der Waals surface area contributed by atoms with Crippen molar-refractivity contribution in [3.63, 3.8) is 0 Å². The first-order valence-electron chi connectivity index (χ1n) is 7.84. The molecule has 106 valence electrons. The zero-order valence-electron chi connectivity index (χ0n) is 12.4. The monoisotopic (exact) mass is 260 g/mol. The summed E-state index contributed by atoms with van der Waals surface area (Å²) in [6.07, 6.45) is 4.12. The SMILES string of the molecule is CCNC(CN1CCCC(CC)C1)c1ccccc1. The zero-order valence-corrected chi connectivity index (χ0v) is 12.4. The molecule has 1 saturated heterocycles. The van der Waals surface area contributed by atoms with E-state index in [4.69, 9.17) is 0 Å². The smallest absolute Gasteiger partial charge is 0.0449 e. The number of rotatable bonds is 6. The van der Waals surface area contributed by atoms with Crippen molar-refractivity contribution in [1.82, 2.24) is 10.2 Å². The van der Waals surface area contributed by atoms with E-state index in [1.807, 2.05) is 0 Å². The van der Waals surface area contributed by atoms with Gasteiger partial charge in [0, 0.05) is 19.1 Å². The Morgan fingerprint density at radius 2 is 2.05 bits per heavy atom. The summed E-state index contributed by atoms with van der Waals surface area (Å²) in [7, 11) is 0. The molecular formula is C17H28N2. The van der Waals surface area contributed by atoms with Crippen LogP contribution in [0.5, 0.6) is 0 Å². The third-order valence-corrected chi connectivity index (χ3v) is 4.27. The summed E-state index contributed by atoms with van der Waals surface area (Å²) in [5.74, 6) is 0.909. The quantitative estimate of drug-likeness (QED) is 0.842. The fourth-order valence-electron chi connectivity index (χ4n) is 3.13. The lowest BCUT2D eigenvalue weighted by molar-refractivity contribution is 0.157. The van der Waals surface area contributed by atoms with Gasteiger partial charge in [-0.2, -0.15) is 0 Å². The molecule has 1 aliphatic heterocycles. The highest BCUT2D eigenvalue weighted by molar-refractivity contribution is 5.19. The molecule has 1 aromatic rings. The van der Waals surface area contributed by atoms with Crippen LogP contribution in [-0.2, 0) is 0 Å². The Morgan fingerprint density at radius 3 is 2.74 bits per heavy atom. The molecule has 2 nitrogen and oxygen atoms in total. The maximum atomic E-state index is 3.64. The molecule has 1 aliphatic rings. The standard InChI is InChI=1S/C17H28N2/c1-3-15-9-8-12-19(13-15)14-17(18-4-2)16-10-6-5-7-11-16/h5-7,10-11,15,17-18H,3-4,8-9,12-14H2,1-2H3. The predicted octanol–water partition coefficient (Wildman–Crippen LogP) is 3.46. The lowest BCUT2D eigenvalue weighted by Crippen LogP contribution is -2.41. The van der Waals surface area contributed by atoms with E-state index in [1.165, 1.54) is 37.9 Å². The second-order valence-electron chi connectivity index (χ2n) is 5.70. The van der Waals surface area contributed by atoms with Gasteiger partial charge in [0.2, 0.25) is 0 Å². The minimum Gasteiger partial charge on any atom is -0.309 e. The Balaban J connectivity index is 1.96. The van der Waals surface area contributed by atoms with Gasteiger partial charge < -0.3 is 10.2 Å². The van der Waals surface area contributed by atoms with Crippen molar-refractivity contribution in [2.75, 3.05) is 26.2 Å². The highest BCUT2D eigenvalue weighted by atomic mass is 15.2. The van der Waals surface area contributed by atoms with Crippen LogP contribution < -0.4 is 5.32 Å². The van der Waals surface area contributed by atoms with Gasteiger partial charge in [-0.1, -0.05) is 50.6 Å². The Morgan fingerprint density at radius 1 is 1.26 bits per heavy atom. The van der Waals surface area contributed by atoms with Crippen LogP contribution in [0, 0.1) is 5.92 Å². The van der Waals surface area contributed by atoms with Gasteiger partial charge in [-0.3, -0.25) is 0 Å². The molecular weight excluding hydrogens is 232 g/mol. The molecule has 0 saturated carbocycles. The van der Waals surface area contributed by atoms with Crippen molar-refractivity contribution >= 4 is 0 Å². The normalized spacial score (nSPS) is 22.3. The average Bonchev–Trinajstić information content (AvgIpc) is 2.48. The van der Waals surface area contributed by atoms with Gasteiger partial charge in [0.25, 0.3) is 0 Å². The molecule has 2 heteroatoms. The second-order valence-corrected chi connectivity index (χ2v) is 5.70. The van der Waals surface area contributed by atoms with E-state index in [1.54, 1.807) is 0 Å². The predicted molar refractivity (Wildman–Crippen MR) is 82.3 cm³/mol. The molecule has 1 N–H and O–H groups in total. The number of nitrogens with zero attached hydrogens (tertiary/aromatic N) is 1. The summed E-state index contributed by atoms with van der Waals surface area (Å²) in [5, 5.41) is 3.64. The van der Waals surface area contributed by atoms with Gasteiger partial charge in [-0.25, -0.2) is 0 Å². The zero-order chi connectivity index (χ0) is 13.5. The molecule has 0 aromatic heterocycles. The number of hydrogen-bond acceptors (Lipinski definition) is 2. The Bertz CT molecular complexity index is 350. The highest BCUT2D eigenvalue weighted by Crippen LogP contribution is 2.22. The molecule has 19 heavy (non-hydrogen) atoms. The van der Waals surface area contributed by atoms with Crippen LogP contribution in [0.3, 0.4) is 0 Å². The van der Waals surface area contributed by atoms with E-state index >= 15 is 0 Å². The van der Waals surface area contributed by atoms with E-state index in [-0.39, 0.29) is 0 Å². The fraction of sp³-hybridized carbons (Fsp3) is 0.647. The summed E-state index contributed by atoms with van der Waals surface area (Å²) < 4.78 is 0. The minimum atomic E-state index is 0.474. The molecule has 0 aliphatic carbocycles. The molecule has 2 unspecified atom stereocenters. The van der Waals surface area contributed by atoms with E-state index in [0.717, 1.165) is 19.0 Å². The van der Waals surface area contributed by atoms with Crippen molar-refractivity contribution in [1.29, 1.82) is 0 Å². The summed E-state index contributed by atoms with van der Waals surface area (Å²) in [4.78, 5) is 2.65. The average molecular weight is 260 g/mol. The Labute approximate surface area is 118 Å². The summed E-state index contributed by atoms with van der Waals surface area (Å²) in [6.45, 7) is 9.25. The van der Waals surface area contributed by atoms with Crippen LogP contribution in [0.25, 0.3) is 0 Å². The van der Waals surface area contributed by atoms with Crippen LogP contribution in [0.2, 0.25) is 0 Å². The van der Waals surface area contributed by atoms with Crippen molar-refractivity contribution < 1.29 is 0 Å². The lowest BCUT2D eigenvalue weighted by Gasteiger charge is -2.35. The third-order valence-electron chi connectivity index (χ3n) is 4.27. The van der Waals surface area contributed by atoms with Gasteiger partial charge in [-0.15, -0.1) is 0 Å². The van der Waals surface area contributed by atoms with Crippen LogP contribution in [0.4, 0.5) is 0 Å².